The van der Waals surface area contributed by atoms with Crippen molar-refractivity contribution in [1.29, 1.82) is 0 Å². The molecular weight excluding hydrogens is 204 g/mol. The molecule has 0 aromatic heterocycles. The van der Waals surface area contributed by atoms with Gasteiger partial charge in [-0.25, -0.2) is 0 Å². The molecule has 0 amide bonds. The van der Waals surface area contributed by atoms with E-state index >= 15 is 0 Å². The third-order valence-electron chi connectivity index (χ3n) is 4.88. The van der Waals surface area contributed by atoms with Gasteiger partial charge in [0.15, 0.2) is 0 Å². The summed E-state index contributed by atoms with van der Waals surface area (Å²) in [5.41, 5.74) is 0.565. The molecule has 2 aliphatic carbocycles. The molecule has 0 nitrogen and oxygen atoms in total. The summed E-state index contributed by atoms with van der Waals surface area (Å²) in [4.78, 5) is 0. The molecule has 0 aromatic carbocycles. The zero-order valence-corrected chi connectivity index (χ0v) is 11.2. The highest BCUT2D eigenvalue weighted by Crippen LogP contribution is 2.52. The van der Waals surface area contributed by atoms with Gasteiger partial charge in [-0.2, -0.15) is 0 Å². The maximum atomic E-state index is 6.29. The van der Waals surface area contributed by atoms with Gasteiger partial charge in [-0.3, -0.25) is 0 Å². The minimum atomic E-state index is 0.461. The number of hydrogen-bond donors (Lipinski definition) is 0. The molecule has 15 heavy (non-hydrogen) atoms. The Morgan fingerprint density at radius 2 is 1.67 bits per heavy atom. The third kappa shape index (κ3) is 2.52. The number of alkyl halides is 1. The lowest BCUT2D eigenvalue weighted by molar-refractivity contribution is 0.0911. The second kappa shape index (κ2) is 4.28. The molecule has 0 radical (unpaired) electrons. The molecule has 0 N–H and O–H groups in total. The summed E-state index contributed by atoms with van der Waals surface area (Å²) >= 11 is 6.29. The summed E-state index contributed by atoms with van der Waals surface area (Å²) in [5.74, 6) is 2.81. The highest BCUT2D eigenvalue weighted by Gasteiger charge is 2.42. The van der Waals surface area contributed by atoms with E-state index in [0.717, 1.165) is 17.8 Å². The van der Waals surface area contributed by atoms with Crippen molar-refractivity contribution >= 4 is 11.6 Å². The average molecular weight is 229 g/mol. The molecule has 2 fully saturated rings. The molecule has 2 rings (SSSR count). The van der Waals surface area contributed by atoms with Crippen LogP contribution in [0.5, 0.6) is 0 Å². The Hall–Kier alpha value is 0.290. The van der Waals surface area contributed by atoms with Crippen molar-refractivity contribution < 1.29 is 0 Å². The fourth-order valence-electron chi connectivity index (χ4n) is 4.08. The average Bonchev–Trinajstić information content (AvgIpc) is 2.46. The second-order valence-electron chi connectivity index (χ2n) is 6.61. The van der Waals surface area contributed by atoms with Crippen molar-refractivity contribution in [3.63, 3.8) is 0 Å². The summed E-state index contributed by atoms with van der Waals surface area (Å²) in [7, 11) is 0. The number of halogens is 1. The van der Waals surface area contributed by atoms with Gasteiger partial charge in [-0.05, 0) is 61.7 Å². The van der Waals surface area contributed by atoms with Crippen molar-refractivity contribution in [1.82, 2.24) is 0 Å². The molecule has 0 bridgehead atoms. The van der Waals surface area contributed by atoms with Gasteiger partial charge < -0.3 is 0 Å². The summed E-state index contributed by atoms with van der Waals surface area (Å²) < 4.78 is 0. The maximum Gasteiger partial charge on any atom is 0.0341 e. The van der Waals surface area contributed by atoms with Crippen molar-refractivity contribution in [2.24, 2.45) is 23.2 Å². The molecule has 0 heterocycles. The SMILES string of the molecule is CC1CC(C)CC(C2(C)CCC(Cl)C2)C1. The van der Waals surface area contributed by atoms with Crippen LogP contribution in [-0.4, -0.2) is 5.38 Å². The molecular formula is C14H25Cl. The lowest BCUT2D eigenvalue weighted by Crippen LogP contribution is -2.32. The predicted octanol–water partition coefficient (Wildman–Crippen LogP) is 4.86. The monoisotopic (exact) mass is 228 g/mol. The molecule has 0 saturated heterocycles. The largest absolute Gasteiger partial charge is 0.123 e. The summed E-state index contributed by atoms with van der Waals surface area (Å²) in [6.07, 6.45) is 8.22. The Morgan fingerprint density at radius 3 is 2.13 bits per heavy atom. The lowest BCUT2D eigenvalue weighted by Gasteiger charge is -2.41. The molecule has 2 saturated carbocycles. The number of rotatable bonds is 1. The molecule has 4 unspecified atom stereocenters. The number of hydrogen-bond acceptors (Lipinski definition) is 0. The Balaban J connectivity index is 2.03. The molecule has 88 valence electrons. The van der Waals surface area contributed by atoms with Crippen LogP contribution >= 0.6 is 11.6 Å². The zero-order valence-electron chi connectivity index (χ0n) is 10.4. The van der Waals surface area contributed by atoms with Crippen LogP contribution in [0.2, 0.25) is 0 Å². The summed E-state index contributed by atoms with van der Waals surface area (Å²) in [5, 5.41) is 0.461. The van der Waals surface area contributed by atoms with E-state index in [9.17, 15) is 0 Å². The van der Waals surface area contributed by atoms with Crippen LogP contribution in [0.4, 0.5) is 0 Å². The van der Waals surface area contributed by atoms with Gasteiger partial charge in [-0.15, -0.1) is 11.6 Å². The molecule has 2 aliphatic rings. The van der Waals surface area contributed by atoms with Crippen LogP contribution in [-0.2, 0) is 0 Å². The Labute approximate surface area is 99.8 Å². The topological polar surface area (TPSA) is 0 Å². The van der Waals surface area contributed by atoms with Crippen LogP contribution in [0.3, 0.4) is 0 Å². The first-order chi connectivity index (χ1) is 6.99. The van der Waals surface area contributed by atoms with Crippen LogP contribution in [0, 0.1) is 23.2 Å². The minimum Gasteiger partial charge on any atom is -0.123 e. The Kier molecular flexibility index (Phi) is 3.36. The maximum absolute atomic E-state index is 6.29. The van der Waals surface area contributed by atoms with E-state index in [-0.39, 0.29) is 0 Å². The highest BCUT2D eigenvalue weighted by atomic mass is 35.5. The van der Waals surface area contributed by atoms with Crippen LogP contribution in [0.25, 0.3) is 0 Å². The van der Waals surface area contributed by atoms with Crippen molar-refractivity contribution in [3.8, 4) is 0 Å². The Morgan fingerprint density at radius 1 is 1.07 bits per heavy atom. The fourth-order valence-corrected chi connectivity index (χ4v) is 4.54. The van der Waals surface area contributed by atoms with E-state index in [2.05, 4.69) is 20.8 Å². The van der Waals surface area contributed by atoms with Gasteiger partial charge in [0.1, 0.15) is 0 Å². The lowest BCUT2D eigenvalue weighted by atomic mass is 9.64. The normalized spacial score (nSPS) is 52.0. The highest BCUT2D eigenvalue weighted by molar-refractivity contribution is 6.20. The van der Waals surface area contributed by atoms with Crippen molar-refractivity contribution in [3.05, 3.63) is 0 Å². The second-order valence-corrected chi connectivity index (χ2v) is 7.23. The van der Waals surface area contributed by atoms with Gasteiger partial charge in [0.05, 0.1) is 0 Å². The van der Waals surface area contributed by atoms with Crippen LogP contribution in [0.1, 0.15) is 59.3 Å². The smallest absolute Gasteiger partial charge is 0.0341 e. The van der Waals surface area contributed by atoms with Crippen LogP contribution in [0.15, 0.2) is 0 Å². The van der Waals surface area contributed by atoms with E-state index in [1.807, 2.05) is 0 Å². The van der Waals surface area contributed by atoms with E-state index < -0.39 is 0 Å². The molecule has 0 aliphatic heterocycles. The zero-order chi connectivity index (χ0) is 11.1. The molecule has 0 aromatic rings. The van der Waals surface area contributed by atoms with Crippen molar-refractivity contribution in [2.75, 3.05) is 0 Å². The molecule has 0 spiro atoms. The van der Waals surface area contributed by atoms with Gasteiger partial charge >= 0.3 is 0 Å². The van der Waals surface area contributed by atoms with E-state index in [1.165, 1.54) is 38.5 Å². The van der Waals surface area contributed by atoms with Gasteiger partial charge in [0.25, 0.3) is 0 Å². The fraction of sp³-hybridized carbons (Fsp3) is 1.00. The van der Waals surface area contributed by atoms with Gasteiger partial charge in [0.2, 0.25) is 0 Å². The van der Waals surface area contributed by atoms with E-state index in [1.54, 1.807) is 0 Å². The predicted molar refractivity (Wildman–Crippen MR) is 67.3 cm³/mol. The summed E-state index contributed by atoms with van der Waals surface area (Å²) in [6, 6.07) is 0. The quantitative estimate of drug-likeness (QED) is 0.563. The standard InChI is InChI=1S/C14H25Cl/c1-10-6-11(2)8-12(7-10)14(3)5-4-13(15)9-14/h10-13H,4-9H2,1-3H3. The first-order valence-electron chi connectivity index (χ1n) is 6.63. The third-order valence-corrected chi connectivity index (χ3v) is 5.25. The van der Waals surface area contributed by atoms with E-state index in [4.69, 9.17) is 11.6 Å². The van der Waals surface area contributed by atoms with Crippen molar-refractivity contribution in [2.45, 2.75) is 64.7 Å². The first-order valence-corrected chi connectivity index (χ1v) is 7.07. The van der Waals surface area contributed by atoms with Gasteiger partial charge in [-0.1, -0.05) is 20.8 Å². The van der Waals surface area contributed by atoms with Crippen LogP contribution < -0.4 is 0 Å². The first kappa shape index (κ1) is 11.8. The Bertz CT molecular complexity index is 215. The molecule has 4 atom stereocenters. The minimum absolute atomic E-state index is 0.461. The molecule has 1 heteroatoms. The van der Waals surface area contributed by atoms with E-state index in [0.29, 0.717) is 10.8 Å². The summed E-state index contributed by atoms with van der Waals surface area (Å²) in [6.45, 7) is 7.35. The van der Waals surface area contributed by atoms with Gasteiger partial charge in [0, 0.05) is 5.38 Å².